The number of nitrogens with zero attached hydrogens (tertiary/aromatic N) is 3. The SMILES string of the molecule is CCN(C(=O)OCc1ccccc1)C1CCN(C[C@H]2CN3O[C@H](c4ccccc4)C[C@H]3[C@@H]2c2ccccc2)CC1. The van der Waals surface area contributed by atoms with E-state index in [4.69, 9.17) is 9.57 Å². The van der Waals surface area contributed by atoms with E-state index < -0.39 is 0 Å². The van der Waals surface area contributed by atoms with E-state index in [2.05, 4.69) is 77.6 Å². The molecule has 3 aliphatic rings. The summed E-state index contributed by atoms with van der Waals surface area (Å²) in [6.45, 7) is 7.07. The molecule has 1 amide bonds. The van der Waals surface area contributed by atoms with Gasteiger partial charge in [-0.05, 0) is 48.8 Å². The molecule has 210 valence electrons. The molecule has 0 aliphatic carbocycles. The fourth-order valence-corrected chi connectivity index (χ4v) is 7.07. The highest BCUT2D eigenvalue weighted by atomic mass is 16.7. The number of amides is 1. The standard InChI is InChI=1S/C34H41N3O3/c1-2-36(34(38)39-25-26-12-6-3-7-13-26)30-18-20-35(21-19-30)23-29-24-37-31(33(29)28-16-10-5-11-17-28)22-32(40-37)27-14-8-4-9-15-27/h3-17,29-33H,2,18-25H2,1H3/t29-,31-,32-,33+/m0/s1. The van der Waals surface area contributed by atoms with Crippen molar-refractivity contribution in [3.63, 3.8) is 0 Å². The first-order valence-corrected chi connectivity index (χ1v) is 14.9. The normalized spacial score (nSPS) is 25.5. The van der Waals surface area contributed by atoms with E-state index in [1.165, 1.54) is 11.1 Å². The molecule has 3 heterocycles. The van der Waals surface area contributed by atoms with Gasteiger partial charge in [0.05, 0.1) is 0 Å². The molecule has 3 aromatic carbocycles. The maximum Gasteiger partial charge on any atom is 0.410 e. The third-order valence-corrected chi connectivity index (χ3v) is 9.05. The summed E-state index contributed by atoms with van der Waals surface area (Å²) in [4.78, 5) is 24.0. The third-order valence-electron chi connectivity index (χ3n) is 9.05. The van der Waals surface area contributed by atoms with Crippen molar-refractivity contribution >= 4 is 6.09 Å². The Morgan fingerprint density at radius 3 is 2.17 bits per heavy atom. The molecule has 3 aromatic rings. The highest BCUT2D eigenvalue weighted by molar-refractivity contribution is 5.68. The number of hydroxylamine groups is 2. The van der Waals surface area contributed by atoms with Crippen LogP contribution in [0, 0.1) is 5.92 Å². The Morgan fingerprint density at radius 2 is 1.52 bits per heavy atom. The molecule has 0 N–H and O–H groups in total. The Morgan fingerprint density at radius 1 is 0.900 bits per heavy atom. The van der Waals surface area contributed by atoms with Crippen LogP contribution in [0.3, 0.4) is 0 Å². The van der Waals surface area contributed by atoms with Gasteiger partial charge in [-0.1, -0.05) is 91.0 Å². The first-order chi connectivity index (χ1) is 19.7. The fourth-order valence-electron chi connectivity index (χ4n) is 7.07. The Hall–Kier alpha value is -3.19. The van der Waals surface area contributed by atoms with Crippen LogP contribution in [0.4, 0.5) is 4.79 Å². The topological polar surface area (TPSA) is 45.2 Å². The molecule has 3 fully saturated rings. The number of likely N-dealkylation sites (tertiary alicyclic amines) is 1. The molecule has 6 heteroatoms. The van der Waals surface area contributed by atoms with Crippen molar-refractivity contribution in [2.75, 3.05) is 32.7 Å². The first-order valence-electron chi connectivity index (χ1n) is 14.9. The monoisotopic (exact) mass is 539 g/mol. The van der Waals surface area contributed by atoms with Gasteiger partial charge in [-0.2, -0.15) is 5.06 Å². The highest BCUT2D eigenvalue weighted by Gasteiger charge is 2.49. The molecule has 0 spiro atoms. The van der Waals surface area contributed by atoms with Crippen molar-refractivity contribution in [1.82, 2.24) is 14.9 Å². The number of ether oxygens (including phenoxy) is 1. The lowest BCUT2D eigenvalue weighted by atomic mass is 9.81. The summed E-state index contributed by atoms with van der Waals surface area (Å²) in [5.41, 5.74) is 3.71. The molecule has 3 aliphatic heterocycles. The van der Waals surface area contributed by atoms with E-state index >= 15 is 0 Å². The van der Waals surface area contributed by atoms with Gasteiger partial charge in [-0.25, -0.2) is 4.79 Å². The molecule has 3 saturated heterocycles. The van der Waals surface area contributed by atoms with E-state index in [0.29, 0.717) is 31.0 Å². The number of piperidine rings is 1. The minimum Gasteiger partial charge on any atom is -0.445 e. The van der Waals surface area contributed by atoms with Crippen LogP contribution in [0.1, 0.15) is 54.9 Å². The van der Waals surface area contributed by atoms with Crippen LogP contribution in [0.5, 0.6) is 0 Å². The summed E-state index contributed by atoms with van der Waals surface area (Å²) in [6, 6.07) is 32.2. The van der Waals surface area contributed by atoms with Crippen LogP contribution >= 0.6 is 0 Å². The Bertz CT molecular complexity index is 1220. The molecular formula is C34H41N3O3. The number of rotatable bonds is 8. The third kappa shape index (κ3) is 5.95. The van der Waals surface area contributed by atoms with Crippen LogP contribution in [-0.2, 0) is 16.2 Å². The summed E-state index contributed by atoms with van der Waals surface area (Å²) in [7, 11) is 0. The second-order valence-corrected chi connectivity index (χ2v) is 11.5. The second-order valence-electron chi connectivity index (χ2n) is 11.5. The lowest BCUT2D eigenvalue weighted by molar-refractivity contribution is -0.152. The van der Waals surface area contributed by atoms with Gasteiger partial charge in [0.15, 0.2) is 0 Å². The summed E-state index contributed by atoms with van der Waals surface area (Å²) >= 11 is 0. The van der Waals surface area contributed by atoms with E-state index in [-0.39, 0.29) is 18.2 Å². The lowest BCUT2D eigenvalue weighted by Crippen LogP contribution is -2.48. The number of hydrogen-bond donors (Lipinski definition) is 0. The van der Waals surface area contributed by atoms with Crippen molar-refractivity contribution in [2.24, 2.45) is 5.92 Å². The van der Waals surface area contributed by atoms with Crippen LogP contribution in [0.2, 0.25) is 0 Å². The molecule has 0 radical (unpaired) electrons. The summed E-state index contributed by atoms with van der Waals surface area (Å²) in [5.74, 6) is 0.964. The van der Waals surface area contributed by atoms with E-state index in [1.807, 2.05) is 35.2 Å². The Balaban J connectivity index is 1.06. The first kappa shape index (κ1) is 27.0. The fraction of sp³-hybridized carbons (Fsp3) is 0.441. The Labute approximate surface area is 238 Å². The number of carbonyl (C=O) groups is 1. The molecule has 6 nitrogen and oxygen atoms in total. The zero-order valence-electron chi connectivity index (χ0n) is 23.5. The van der Waals surface area contributed by atoms with Gasteiger partial charge in [0.1, 0.15) is 12.7 Å². The molecule has 0 bridgehead atoms. The van der Waals surface area contributed by atoms with Crippen LogP contribution < -0.4 is 0 Å². The average Bonchev–Trinajstić information content (AvgIpc) is 3.56. The van der Waals surface area contributed by atoms with E-state index in [0.717, 1.165) is 51.0 Å². The van der Waals surface area contributed by atoms with Gasteiger partial charge < -0.3 is 14.5 Å². The predicted octanol–water partition coefficient (Wildman–Crippen LogP) is 6.27. The second kappa shape index (κ2) is 12.5. The molecule has 4 atom stereocenters. The van der Waals surface area contributed by atoms with Crippen molar-refractivity contribution in [3.05, 3.63) is 108 Å². The zero-order chi connectivity index (χ0) is 27.3. The van der Waals surface area contributed by atoms with Gasteiger partial charge in [0.2, 0.25) is 0 Å². The average molecular weight is 540 g/mol. The van der Waals surface area contributed by atoms with E-state index in [1.54, 1.807) is 0 Å². The maximum atomic E-state index is 12.9. The molecule has 0 aromatic heterocycles. The van der Waals surface area contributed by atoms with Crippen LogP contribution in [0.15, 0.2) is 91.0 Å². The number of fused-ring (bicyclic) bond motifs is 1. The van der Waals surface area contributed by atoms with Crippen molar-refractivity contribution in [2.45, 2.75) is 56.9 Å². The molecule has 0 unspecified atom stereocenters. The maximum absolute atomic E-state index is 12.9. The summed E-state index contributed by atoms with van der Waals surface area (Å²) in [5, 5.41) is 2.29. The van der Waals surface area contributed by atoms with Gasteiger partial charge in [-0.3, -0.25) is 4.84 Å². The number of carbonyl (C=O) groups excluding carboxylic acids is 1. The van der Waals surface area contributed by atoms with Crippen molar-refractivity contribution < 1.29 is 14.4 Å². The smallest absolute Gasteiger partial charge is 0.410 e. The number of hydrogen-bond acceptors (Lipinski definition) is 5. The number of benzene rings is 3. The van der Waals surface area contributed by atoms with Crippen LogP contribution in [-0.4, -0.2) is 65.8 Å². The van der Waals surface area contributed by atoms with Gasteiger partial charge in [0, 0.05) is 50.7 Å². The largest absolute Gasteiger partial charge is 0.445 e. The minimum absolute atomic E-state index is 0.135. The van der Waals surface area contributed by atoms with Crippen molar-refractivity contribution in [1.29, 1.82) is 0 Å². The lowest BCUT2D eigenvalue weighted by Gasteiger charge is -2.39. The summed E-state index contributed by atoms with van der Waals surface area (Å²) in [6.07, 6.45) is 2.93. The molecule has 6 rings (SSSR count). The molecule has 0 saturated carbocycles. The quantitative estimate of drug-likeness (QED) is 0.338. The zero-order valence-corrected chi connectivity index (χ0v) is 23.5. The van der Waals surface area contributed by atoms with Gasteiger partial charge in [0.25, 0.3) is 0 Å². The summed E-state index contributed by atoms with van der Waals surface area (Å²) < 4.78 is 5.67. The minimum atomic E-state index is -0.199. The van der Waals surface area contributed by atoms with Gasteiger partial charge in [-0.15, -0.1) is 0 Å². The molecule has 40 heavy (non-hydrogen) atoms. The predicted molar refractivity (Wildman–Crippen MR) is 157 cm³/mol. The van der Waals surface area contributed by atoms with Gasteiger partial charge >= 0.3 is 6.09 Å². The molecular weight excluding hydrogens is 498 g/mol. The van der Waals surface area contributed by atoms with Crippen molar-refractivity contribution in [3.8, 4) is 0 Å². The van der Waals surface area contributed by atoms with E-state index in [9.17, 15) is 4.79 Å². The Kier molecular flexibility index (Phi) is 8.47. The van der Waals surface area contributed by atoms with Crippen LogP contribution in [0.25, 0.3) is 0 Å². The highest BCUT2D eigenvalue weighted by Crippen LogP contribution is 2.48.